The summed E-state index contributed by atoms with van der Waals surface area (Å²) >= 11 is 0.445. The summed E-state index contributed by atoms with van der Waals surface area (Å²) in [6.45, 7) is 0. The van der Waals surface area contributed by atoms with Crippen molar-refractivity contribution in [1.29, 1.82) is 0 Å². The highest BCUT2D eigenvalue weighted by Crippen LogP contribution is 2.33. The summed E-state index contributed by atoms with van der Waals surface area (Å²) in [4.78, 5) is 14.0. The van der Waals surface area contributed by atoms with Gasteiger partial charge in [-0.25, -0.2) is 4.98 Å². The van der Waals surface area contributed by atoms with Crippen LogP contribution >= 0.6 is 11.3 Å². The molecule has 0 N–H and O–H groups in total. The van der Waals surface area contributed by atoms with E-state index in [0.717, 1.165) is 16.7 Å². The molecule has 2 aromatic rings. The molecule has 0 bridgehead atoms. The lowest BCUT2D eigenvalue weighted by Crippen LogP contribution is -2.10. The van der Waals surface area contributed by atoms with E-state index in [0.29, 0.717) is 11.3 Å². The Morgan fingerprint density at radius 1 is 1.43 bits per heavy atom. The van der Waals surface area contributed by atoms with Crippen molar-refractivity contribution in [2.45, 2.75) is 6.18 Å². The minimum Gasteiger partial charge on any atom is -0.269 e. The molecule has 0 aromatic carbocycles. The van der Waals surface area contributed by atoms with Crippen molar-refractivity contribution < 1.29 is 13.2 Å². The maximum Gasteiger partial charge on any atom is 0.427 e. The van der Waals surface area contributed by atoms with E-state index >= 15 is 0 Å². The fraction of sp³-hybridized carbons (Fsp3) is 0.143. The molecule has 74 valence electrons. The van der Waals surface area contributed by atoms with Crippen LogP contribution in [0.3, 0.4) is 0 Å². The van der Waals surface area contributed by atoms with Crippen molar-refractivity contribution in [1.82, 2.24) is 9.38 Å². The van der Waals surface area contributed by atoms with Gasteiger partial charge in [-0.1, -0.05) is 11.3 Å². The van der Waals surface area contributed by atoms with Crippen LogP contribution in [-0.2, 0) is 6.18 Å². The first-order valence-corrected chi connectivity index (χ1v) is 4.34. The fourth-order valence-corrected chi connectivity index (χ4v) is 1.79. The molecule has 0 amide bonds. The molecule has 2 heterocycles. The van der Waals surface area contributed by atoms with Crippen molar-refractivity contribution in [3.05, 3.63) is 33.7 Å². The van der Waals surface area contributed by atoms with Crippen molar-refractivity contribution in [3.8, 4) is 0 Å². The molecule has 0 fully saturated rings. The van der Waals surface area contributed by atoms with Crippen LogP contribution in [0, 0.1) is 0 Å². The number of fused-ring (bicyclic) bond motifs is 1. The van der Waals surface area contributed by atoms with E-state index in [2.05, 4.69) is 4.98 Å². The van der Waals surface area contributed by atoms with E-state index in [9.17, 15) is 18.0 Å². The zero-order chi connectivity index (χ0) is 10.3. The van der Waals surface area contributed by atoms with Gasteiger partial charge in [0.1, 0.15) is 4.88 Å². The molecule has 0 radical (unpaired) electrons. The Morgan fingerprint density at radius 2 is 2.14 bits per heavy atom. The van der Waals surface area contributed by atoms with E-state index in [-0.39, 0.29) is 4.96 Å². The number of aromatic nitrogens is 2. The highest BCUT2D eigenvalue weighted by molar-refractivity contribution is 7.17. The molecular weight excluding hydrogens is 217 g/mol. The Morgan fingerprint density at radius 3 is 2.71 bits per heavy atom. The smallest absolute Gasteiger partial charge is 0.269 e. The number of hydrogen-bond acceptors (Lipinski definition) is 3. The largest absolute Gasteiger partial charge is 0.427 e. The summed E-state index contributed by atoms with van der Waals surface area (Å²) < 4.78 is 37.6. The normalized spacial score (nSPS) is 12.2. The third-order valence-corrected chi connectivity index (χ3v) is 2.61. The van der Waals surface area contributed by atoms with Gasteiger partial charge in [-0.05, 0) is 0 Å². The predicted octanol–water partition coefficient (Wildman–Crippen LogP) is 1.77. The lowest BCUT2D eigenvalue weighted by molar-refractivity contribution is -0.134. The van der Waals surface area contributed by atoms with Crippen LogP contribution in [0.5, 0.6) is 0 Å². The van der Waals surface area contributed by atoms with E-state index in [1.165, 1.54) is 6.20 Å². The summed E-state index contributed by atoms with van der Waals surface area (Å²) in [5.41, 5.74) is -0.512. The summed E-state index contributed by atoms with van der Waals surface area (Å²) in [5, 5.41) is 0. The van der Waals surface area contributed by atoms with E-state index in [4.69, 9.17) is 0 Å². The van der Waals surface area contributed by atoms with Gasteiger partial charge in [0, 0.05) is 18.5 Å². The predicted molar refractivity (Wildman–Crippen MR) is 44.3 cm³/mol. The Balaban J connectivity index is 2.75. The minimum atomic E-state index is -4.43. The quantitative estimate of drug-likeness (QED) is 0.678. The van der Waals surface area contributed by atoms with Crippen molar-refractivity contribution in [3.63, 3.8) is 0 Å². The second kappa shape index (κ2) is 2.81. The number of halogens is 3. The summed E-state index contributed by atoms with van der Waals surface area (Å²) in [5.74, 6) is 0. The monoisotopic (exact) mass is 220 g/mol. The summed E-state index contributed by atoms with van der Waals surface area (Å²) in [7, 11) is 0. The van der Waals surface area contributed by atoms with Crippen LogP contribution < -0.4 is 5.56 Å². The molecule has 3 nitrogen and oxygen atoms in total. The molecule has 0 aliphatic heterocycles. The van der Waals surface area contributed by atoms with Gasteiger partial charge in [-0.3, -0.25) is 9.20 Å². The van der Waals surface area contributed by atoms with Crippen LogP contribution in [0.2, 0.25) is 0 Å². The van der Waals surface area contributed by atoms with Gasteiger partial charge in [-0.15, -0.1) is 0 Å². The van der Waals surface area contributed by atoms with E-state index in [1.54, 1.807) is 0 Å². The van der Waals surface area contributed by atoms with Crippen molar-refractivity contribution >= 4 is 16.3 Å². The average molecular weight is 220 g/mol. The van der Waals surface area contributed by atoms with Gasteiger partial charge in [0.25, 0.3) is 5.56 Å². The van der Waals surface area contributed by atoms with Gasteiger partial charge in [0.15, 0.2) is 4.96 Å². The maximum absolute atomic E-state index is 12.2. The molecule has 2 rings (SSSR count). The molecule has 2 aromatic heterocycles. The molecule has 0 saturated heterocycles. The Labute approximate surface area is 79.4 Å². The number of alkyl halides is 3. The summed E-state index contributed by atoms with van der Waals surface area (Å²) in [6, 6.07) is 1.11. The van der Waals surface area contributed by atoms with Crippen molar-refractivity contribution in [2.24, 2.45) is 0 Å². The third kappa shape index (κ3) is 1.39. The zero-order valence-electron chi connectivity index (χ0n) is 6.58. The molecule has 0 unspecified atom stereocenters. The Bertz CT molecular complexity index is 527. The fourth-order valence-electron chi connectivity index (χ4n) is 0.969. The first-order chi connectivity index (χ1) is 6.48. The summed E-state index contributed by atoms with van der Waals surface area (Å²) in [6.07, 6.45) is -2.48. The highest BCUT2D eigenvalue weighted by Gasteiger charge is 2.33. The van der Waals surface area contributed by atoms with Crippen LogP contribution in [0.1, 0.15) is 4.88 Å². The molecule has 7 heteroatoms. The molecule has 0 atom stereocenters. The van der Waals surface area contributed by atoms with Gasteiger partial charge in [0.2, 0.25) is 0 Å². The molecular formula is C7H3F3N2OS. The zero-order valence-corrected chi connectivity index (χ0v) is 7.39. The SMILES string of the molecule is O=c1ccnc2sc(C(F)(F)F)cn12. The number of nitrogens with zero attached hydrogens (tertiary/aromatic N) is 2. The standard InChI is InChI=1S/C7H3F3N2OS/c8-7(9,10)4-3-12-5(13)1-2-11-6(12)14-4/h1-3H. The maximum atomic E-state index is 12.2. The van der Waals surface area contributed by atoms with Crippen LogP contribution in [0.15, 0.2) is 23.3 Å². The molecule has 0 saturated carbocycles. The first-order valence-electron chi connectivity index (χ1n) is 3.53. The van der Waals surface area contributed by atoms with Gasteiger partial charge >= 0.3 is 6.18 Å². The van der Waals surface area contributed by atoms with Crippen LogP contribution in [0.4, 0.5) is 13.2 Å². The van der Waals surface area contributed by atoms with Crippen LogP contribution in [-0.4, -0.2) is 9.38 Å². The van der Waals surface area contributed by atoms with Gasteiger partial charge in [-0.2, -0.15) is 13.2 Å². The lowest BCUT2D eigenvalue weighted by atomic mass is 10.5. The number of thiazole rings is 1. The van der Waals surface area contributed by atoms with Gasteiger partial charge < -0.3 is 0 Å². The van der Waals surface area contributed by atoms with Crippen molar-refractivity contribution in [2.75, 3.05) is 0 Å². The Kier molecular flexibility index (Phi) is 1.84. The number of hydrogen-bond donors (Lipinski definition) is 0. The average Bonchev–Trinajstić information content (AvgIpc) is 2.48. The van der Waals surface area contributed by atoms with Crippen LogP contribution in [0.25, 0.3) is 4.96 Å². The Hall–Kier alpha value is -1.37. The second-order valence-electron chi connectivity index (χ2n) is 2.53. The first kappa shape index (κ1) is 9.20. The third-order valence-electron chi connectivity index (χ3n) is 1.57. The highest BCUT2D eigenvalue weighted by atomic mass is 32.1. The number of rotatable bonds is 0. The molecule has 0 spiro atoms. The topological polar surface area (TPSA) is 34.4 Å². The van der Waals surface area contributed by atoms with Gasteiger partial charge in [0.05, 0.1) is 0 Å². The molecule has 14 heavy (non-hydrogen) atoms. The molecule has 0 aliphatic carbocycles. The van der Waals surface area contributed by atoms with E-state index < -0.39 is 16.6 Å². The lowest BCUT2D eigenvalue weighted by Gasteiger charge is -1.98. The second-order valence-corrected chi connectivity index (χ2v) is 3.54. The van der Waals surface area contributed by atoms with E-state index in [1.807, 2.05) is 0 Å². The minimum absolute atomic E-state index is 0.0461. The molecule has 0 aliphatic rings.